The molecule has 8 atom stereocenters. The molecule has 0 saturated carbocycles. The number of hydrogen-bond acceptors (Lipinski definition) is 10. The molecule has 1 heterocycles. The highest BCUT2D eigenvalue weighted by atomic mass is 16.7. The second-order valence-corrected chi connectivity index (χ2v) is 23.2. The van der Waals surface area contributed by atoms with Crippen molar-refractivity contribution < 1.29 is 49.3 Å². The van der Waals surface area contributed by atoms with Gasteiger partial charge in [0.05, 0.1) is 25.4 Å². The summed E-state index contributed by atoms with van der Waals surface area (Å²) in [6, 6.07) is -1.04. The van der Waals surface area contributed by atoms with Gasteiger partial charge in [-0.1, -0.05) is 266 Å². The lowest BCUT2D eigenvalue weighted by atomic mass is 9.99. The number of carbonyl (C=O) groups excluding carboxylic acids is 2. The number of aliphatic hydroxyl groups is 5. The lowest BCUT2D eigenvalue weighted by molar-refractivity contribution is -0.305. The maximum Gasteiger partial charge on any atom is 0.306 e. The molecule has 0 aromatic carbocycles. The first-order valence-corrected chi connectivity index (χ1v) is 33.9. The van der Waals surface area contributed by atoms with Crippen LogP contribution >= 0.6 is 0 Å². The molecule has 1 amide bonds. The molecule has 0 bridgehead atoms. The van der Waals surface area contributed by atoms with Crippen molar-refractivity contribution in [2.24, 2.45) is 0 Å². The molecule has 0 radical (unpaired) electrons. The highest BCUT2D eigenvalue weighted by molar-refractivity contribution is 5.80. The zero-order chi connectivity index (χ0) is 59.6. The van der Waals surface area contributed by atoms with Crippen molar-refractivity contribution >= 4 is 11.9 Å². The number of unbranched alkanes of at least 4 members (excludes halogenated alkanes) is 31. The molecule has 0 aromatic rings. The molecular formula is C71H125NO10. The monoisotopic (exact) mass is 1150 g/mol. The van der Waals surface area contributed by atoms with Gasteiger partial charge in [-0.3, -0.25) is 9.59 Å². The highest BCUT2D eigenvalue weighted by Crippen LogP contribution is 2.26. The van der Waals surface area contributed by atoms with Gasteiger partial charge in [0, 0.05) is 6.42 Å². The van der Waals surface area contributed by atoms with Gasteiger partial charge in [0.25, 0.3) is 0 Å². The average Bonchev–Trinajstić information content (AvgIpc) is 3.68. The van der Waals surface area contributed by atoms with Crippen molar-refractivity contribution in [3.8, 4) is 0 Å². The van der Waals surface area contributed by atoms with E-state index >= 15 is 0 Å². The summed E-state index contributed by atoms with van der Waals surface area (Å²) in [6.45, 7) is 5.74. The van der Waals surface area contributed by atoms with Crippen LogP contribution in [0.3, 0.4) is 0 Å². The van der Waals surface area contributed by atoms with E-state index in [1.165, 1.54) is 128 Å². The Morgan fingerprint density at radius 2 is 0.841 bits per heavy atom. The van der Waals surface area contributed by atoms with E-state index in [0.717, 1.165) is 116 Å². The van der Waals surface area contributed by atoms with Crippen molar-refractivity contribution in [2.45, 2.75) is 339 Å². The van der Waals surface area contributed by atoms with Crippen LogP contribution in [0.5, 0.6) is 0 Å². The molecule has 0 spiro atoms. The van der Waals surface area contributed by atoms with Gasteiger partial charge < -0.3 is 45.1 Å². The van der Waals surface area contributed by atoms with Crippen molar-refractivity contribution in [1.29, 1.82) is 0 Å². The van der Waals surface area contributed by atoms with E-state index in [4.69, 9.17) is 14.2 Å². The van der Waals surface area contributed by atoms with Crippen LogP contribution in [0.1, 0.15) is 290 Å². The number of allylic oxidation sites excluding steroid dienone is 13. The minimum atomic E-state index is -1.62. The molecule has 0 aromatic heterocycles. The van der Waals surface area contributed by atoms with Crippen LogP contribution in [-0.4, -0.2) is 99.6 Å². The zero-order valence-electron chi connectivity index (χ0n) is 52.6. The predicted molar refractivity (Wildman–Crippen MR) is 342 cm³/mol. The molecule has 1 rings (SSSR count). The maximum absolute atomic E-state index is 13.5. The molecule has 11 nitrogen and oxygen atoms in total. The minimum Gasteiger partial charge on any atom is -0.454 e. The highest BCUT2D eigenvalue weighted by Gasteiger charge is 2.47. The number of esters is 1. The Labute approximate surface area is 502 Å². The number of aliphatic hydroxyl groups excluding tert-OH is 5. The molecule has 1 fully saturated rings. The molecule has 82 heavy (non-hydrogen) atoms. The van der Waals surface area contributed by atoms with Gasteiger partial charge in [0.15, 0.2) is 12.4 Å². The van der Waals surface area contributed by atoms with Crippen LogP contribution in [-0.2, 0) is 23.8 Å². The first-order chi connectivity index (χ1) is 40.2. The lowest BCUT2D eigenvalue weighted by Crippen LogP contribution is -2.61. The molecule has 1 aliphatic heterocycles. The van der Waals surface area contributed by atoms with Crippen LogP contribution in [0.25, 0.3) is 0 Å². The average molecular weight is 1150 g/mol. The Morgan fingerprint density at radius 3 is 1.28 bits per heavy atom. The topological polar surface area (TPSA) is 175 Å². The number of amides is 1. The first kappa shape index (κ1) is 76.9. The van der Waals surface area contributed by atoms with Gasteiger partial charge in [0.2, 0.25) is 5.91 Å². The Balaban J connectivity index is 2.64. The second kappa shape index (κ2) is 58.2. The summed E-state index contributed by atoms with van der Waals surface area (Å²) in [5.74, 6) is -1.21. The maximum atomic E-state index is 13.5. The third-order valence-electron chi connectivity index (χ3n) is 15.5. The summed E-state index contributed by atoms with van der Waals surface area (Å²) in [5.41, 5.74) is 0. The van der Waals surface area contributed by atoms with Crippen molar-refractivity contribution in [2.75, 3.05) is 13.2 Å². The molecule has 6 N–H and O–H groups in total. The Morgan fingerprint density at radius 1 is 0.476 bits per heavy atom. The number of hydrogen-bond donors (Lipinski definition) is 6. The summed E-state index contributed by atoms with van der Waals surface area (Å²) in [5, 5.41) is 57.1. The fraction of sp³-hybridized carbons (Fsp3) is 0.775. The largest absolute Gasteiger partial charge is 0.454 e. The summed E-state index contributed by atoms with van der Waals surface area (Å²) < 4.78 is 17.7. The van der Waals surface area contributed by atoms with Crippen LogP contribution in [0.4, 0.5) is 0 Å². The Bertz CT molecular complexity index is 1660. The molecular weight excluding hydrogens is 1030 g/mol. The van der Waals surface area contributed by atoms with E-state index in [0.29, 0.717) is 12.8 Å². The van der Waals surface area contributed by atoms with E-state index in [-0.39, 0.29) is 19.4 Å². The van der Waals surface area contributed by atoms with Crippen LogP contribution < -0.4 is 5.32 Å². The predicted octanol–water partition coefficient (Wildman–Crippen LogP) is 16.9. The summed E-state index contributed by atoms with van der Waals surface area (Å²) >= 11 is 0. The normalized spacial score (nSPS) is 19.1. The van der Waals surface area contributed by atoms with E-state index in [2.05, 4.69) is 99.0 Å². The number of carbonyl (C=O) groups is 2. The lowest BCUT2D eigenvalue weighted by Gasteiger charge is -2.41. The van der Waals surface area contributed by atoms with Gasteiger partial charge in [-0.05, 0) is 103 Å². The number of nitrogens with one attached hydrogen (secondary N) is 1. The van der Waals surface area contributed by atoms with E-state index < -0.39 is 67.4 Å². The molecule has 0 aliphatic carbocycles. The molecule has 11 heteroatoms. The van der Waals surface area contributed by atoms with Crippen molar-refractivity contribution in [3.63, 3.8) is 0 Å². The van der Waals surface area contributed by atoms with Gasteiger partial charge in [0.1, 0.15) is 24.4 Å². The van der Waals surface area contributed by atoms with E-state index in [9.17, 15) is 35.1 Å². The number of ether oxygens (including phenoxy) is 3. The fourth-order valence-electron chi connectivity index (χ4n) is 10.1. The van der Waals surface area contributed by atoms with Gasteiger partial charge in [-0.2, -0.15) is 0 Å². The SMILES string of the molecule is CCCCC/C=C\C/C=C\C/C=C\C/C=C\CCCCCCCCC(O)C(=O)NC(COC1OC(CO)C(O)C(O)C1OC(=O)CCCCCCCCCCC/C=C\C/C=C\CCCCC)C(O)/C=C/CCCCCCCCCCCC. The molecule has 474 valence electrons. The molecule has 8 unspecified atom stereocenters. The fourth-order valence-corrected chi connectivity index (χ4v) is 10.1. The standard InChI is InChI=1S/C71H125NO10/c1-4-7-10-13-16-19-22-25-27-29-31-32-33-35-36-38-40-43-46-49-52-55-58-64(75)70(79)72-62(63(74)57-54-51-48-45-42-24-21-18-15-12-9-6-3)61-80-71-69(68(78)67(77)65(60-73)81-71)82-66(76)59-56-53-50-47-44-41-39-37-34-30-28-26-23-20-17-14-11-8-5-2/h16-17,19-20,25-28,31-32,35-36,54,57,62-65,67-69,71,73-75,77-78H,4-15,18,21-24,29-30,33-34,37-53,55-56,58-61H2,1-3H3,(H,72,79)/b19-16-,20-17-,27-25-,28-26-,32-31-,36-35-,57-54+. The third kappa shape index (κ3) is 45.2. The second-order valence-electron chi connectivity index (χ2n) is 23.2. The number of rotatable bonds is 57. The van der Waals surface area contributed by atoms with E-state index in [1.807, 2.05) is 6.08 Å². The molecule has 1 aliphatic rings. The van der Waals surface area contributed by atoms with Crippen LogP contribution in [0.15, 0.2) is 85.1 Å². The summed E-state index contributed by atoms with van der Waals surface area (Å²) in [6.07, 6.45) is 66.1. The van der Waals surface area contributed by atoms with Crippen LogP contribution in [0, 0.1) is 0 Å². The first-order valence-electron chi connectivity index (χ1n) is 33.9. The Kier molecular flexibility index (Phi) is 54.6. The van der Waals surface area contributed by atoms with Gasteiger partial charge in [-0.15, -0.1) is 0 Å². The van der Waals surface area contributed by atoms with E-state index in [1.54, 1.807) is 6.08 Å². The molecule has 1 saturated heterocycles. The minimum absolute atomic E-state index is 0.115. The van der Waals surface area contributed by atoms with Crippen molar-refractivity contribution in [1.82, 2.24) is 5.32 Å². The quantitative estimate of drug-likeness (QED) is 0.0195. The van der Waals surface area contributed by atoms with Gasteiger partial charge >= 0.3 is 5.97 Å². The van der Waals surface area contributed by atoms with Crippen molar-refractivity contribution in [3.05, 3.63) is 85.1 Å². The Hall–Kier alpha value is -3.16. The van der Waals surface area contributed by atoms with Crippen LogP contribution in [0.2, 0.25) is 0 Å². The summed E-state index contributed by atoms with van der Waals surface area (Å²) in [4.78, 5) is 26.6. The zero-order valence-corrected chi connectivity index (χ0v) is 52.6. The third-order valence-corrected chi connectivity index (χ3v) is 15.5. The smallest absolute Gasteiger partial charge is 0.306 e. The van der Waals surface area contributed by atoms with Gasteiger partial charge in [-0.25, -0.2) is 0 Å². The summed E-state index contributed by atoms with van der Waals surface area (Å²) in [7, 11) is 0.